The van der Waals surface area contributed by atoms with Crippen LogP contribution in [0.3, 0.4) is 0 Å². The van der Waals surface area contributed by atoms with Gasteiger partial charge in [-0.3, -0.25) is 0 Å². The first kappa shape index (κ1) is 16.2. The number of nitrogens with one attached hydrogen (secondary N) is 1. The molecule has 0 radical (unpaired) electrons. The van der Waals surface area contributed by atoms with Crippen LogP contribution in [0.1, 0.15) is 21.6 Å². The van der Waals surface area contributed by atoms with Crippen molar-refractivity contribution >= 4 is 40.0 Å². The predicted octanol–water partition coefficient (Wildman–Crippen LogP) is 4.43. The van der Waals surface area contributed by atoms with Crippen LogP contribution in [0.5, 0.6) is 0 Å². The quantitative estimate of drug-likeness (QED) is 0.714. The minimum Gasteiger partial charge on any atom is -0.465 e. The van der Waals surface area contributed by atoms with Crippen LogP contribution in [0, 0.1) is 13.8 Å². The minimum absolute atomic E-state index is 0.343. The van der Waals surface area contributed by atoms with Crippen molar-refractivity contribution in [3.05, 3.63) is 58.4 Å². The lowest BCUT2D eigenvalue weighted by Gasteiger charge is -2.15. The van der Waals surface area contributed by atoms with E-state index in [1.165, 1.54) is 13.3 Å². The summed E-state index contributed by atoms with van der Waals surface area (Å²) in [5.41, 5.74) is 4.16. The Kier molecular flexibility index (Phi) is 4.36. The fourth-order valence-electron chi connectivity index (χ4n) is 2.43. The Morgan fingerprint density at radius 1 is 1.21 bits per heavy atom. The Bertz CT molecular complexity index is 941. The summed E-state index contributed by atoms with van der Waals surface area (Å²) in [6.07, 6.45) is 1.48. The molecule has 1 aromatic carbocycles. The van der Waals surface area contributed by atoms with Crippen molar-refractivity contribution in [2.75, 3.05) is 12.4 Å². The number of fused-ring (bicyclic) bond motifs is 1. The third-order valence-electron chi connectivity index (χ3n) is 3.73. The molecule has 0 amide bonds. The maximum absolute atomic E-state index is 12.1. The van der Waals surface area contributed by atoms with Gasteiger partial charge in [0.25, 0.3) is 0 Å². The lowest BCUT2D eigenvalue weighted by molar-refractivity contribution is 0.0601. The molecular formula is C18H16ClN3O2. The van der Waals surface area contributed by atoms with Crippen molar-refractivity contribution in [2.24, 2.45) is 0 Å². The number of aromatic nitrogens is 2. The molecule has 2 heterocycles. The number of carbonyl (C=O) groups is 1. The van der Waals surface area contributed by atoms with Gasteiger partial charge in [0.05, 0.1) is 12.8 Å². The zero-order chi connectivity index (χ0) is 17.3. The molecule has 3 aromatic rings. The number of methoxy groups -OCH3 is 1. The van der Waals surface area contributed by atoms with Gasteiger partial charge in [0, 0.05) is 28.0 Å². The zero-order valence-corrected chi connectivity index (χ0v) is 14.3. The van der Waals surface area contributed by atoms with Gasteiger partial charge in [-0.05, 0) is 43.7 Å². The summed E-state index contributed by atoms with van der Waals surface area (Å²) in [6, 6.07) is 9.30. The van der Waals surface area contributed by atoms with Gasteiger partial charge in [-0.25, -0.2) is 14.8 Å². The number of nitrogens with zero attached hydrogens (tertiary/aromatic N) is 2. The van der Waals surface area contributed by atoms with Crippen LogP contribution in [-0.4, -0.2) is 23.0 Å². The first-order chi connectivity index (χ1) is 11.5. The largest absolute Gasteiger partial charge is 0.465 e. The van der Waals surface area contributed by atoms with E-state index in [2.05, 4.69) is 15.3 Å². The standard InChI is InChI=1S/C18H16ClN3O2/c1-10-4-6-12(19)8-15(10)22-16-13-7-5-11(2)21-17(13)20-9-14(16)18(23)24-3/h4-9H,1-3H3,(H,20,21,22). The monoisotopic (exact) mass is 341 g/mol. The Hall–Kier alpha value is -2.66. The summed E-state index contributed by atoms with van der Waals surface area (Å²) in [4.78, 5) is 20.8. The first-order valence-electron chi connectivity index (χ1n) is 7.37. The van der Waals surface area contributed by atoms with Gasteiger partial charge in [0.1, 0.15) is 5.56 Å². The van der Waals surface area contributed by atoms with Crippen LogP contribution in [-0.2, 0) is 4.74 Å². The van der Waals surface area contributed by atoms with Crippen LogP contribution < -0.4 is 5.32 Å². The molecule has 1 N–H and O–H groups in total. The lowest BCUT2D eigenvalue weighted by atomic mass is 10.1. The smallest absolute Gasteiger partial charge is 0.341 e. The van der Waals surface area contributed by atoms with Crippen molar-refractivity contribution in [3.8, 4) is 0 Å². The van der Waals surface area contributed by atoms with Crippen molar-refractivity contribution in [3.63, 3.8) is 0 Å². The summed E-state index contributed by atoms with van der Waals surface area (Å²) < 4.78 is 4.88. The van der Waals surface area contributed by atoms with E-state index in [4.69, 9.17) is 16.3 Å². The van der Waals surface area contributed by atoms with E-state index < -0.39 is 5.97 Å². The van der Waals surface area contributed by atoms with Gasteiger partial charge in [0.15, 0.2) is 5.65 Å². The second-order valence-corrected chi connectivity index (χ2v) is 5.88. The number of benzene rings is 1. The van der Waals surface area contributed by atoms with Crippen LogP contribution in [0.15, 0.2) is 36.5 Å². The van der Waals surface area contributed by atoms with Gasteiger partial charge in [-0.1, -0.05) is 17.7 Å². The fourth-order valence-corrected chi connectivity index (χ4v) is 2.61. The Balaban J connectivity index is 2.22. The van der Waals surface area contributed by atoms with Crippen molar-refractivity contribution in [1.29, 1.82) is 0 Å². The third-order valence-corrected chi connectivity index (χ3v) is 3.97. The van der Waals surface area contributed by atoms with Crippen LogP contribution >= 0.6 is 11.6 Å². The summed E-state index contributed by atoms with van der Waals surface area (Å²) >= 11 is 6.10. The van der Waals surface area contributed by atoms with Gasteiger partial charge in [-0.2, -0.15) is 0 Å². The molecule has 3 rings (SSSR count). The van der Waals surface area contributed by atoms with E-state index in [1.807, 2.05) is 44.2 Å². The average Bonchev–Trinajstić information content (AvgIpc) is 2.57. The second kappa shape index (κ2) is 6.45. The summed E-state index contributed by atoms with van der Waals surface area (Å²) in [7, 11) is 1.34. The number of carbonyl (C=O) groups excluding carboxylic acids is 1. The van der Waals surface area contributed by atoms with Crippen LogP contribution in [0.2, 0.25) is 5.02 Å². The number of hydrogen-bond donors (Lipinski definition) is 1. The number of anilines is 2. The molecule has 0 aliphatic carbocycles. The molecule has 0 aliphatic rings. The highest BCUT2D eigenvalue weighted by molar-refractivity contribution is 6.30. The van der Waals surface area contributed by atoms with Crippen LogP contribution in [0.25, 0.3) is 11.0 Å². The van der Waals surface area contributed by atoms with E-state index in [0.29, 0.717) is 21.9 Å². The number of hydrogen-bond acceptors (Lipinski definition) is 5. The topological polar surface area (TPSA) is 64.1 Å². The van der Waals surface area contributed by atoms with Crippen molar-refractivity contribution in [1.82, 2.24) is 9.97 Å². The highest BCUT2D eigenvalue weighted by atomic mass is 35.5. The molecule has 0 saturated heterocycles. The van der Waals surface area contributed by atoms with Gasteiger partial charge in [-0.15, -0.1) is 0 Å². The van der Waals surface area contributed by atoms with E-state index in [0.717, 1.165) is 22.3 Å². The number of rotatable bonds is 3. The summed E-state index contributed by atoms with van der Waals surface area (Å²) in [6.45, 7) is 3.85. The lowest BCUT2D eigenvalue weighted by Crippen LogP contribution is -2.08. The molecule has 0 aliphatic heterocycles. The van der Waals surface area contributed by atoms with E-state index in [9.17, 15) is 4.79 Å². The first-order valence-corrected chi connectivity index (χ1v) is 7.75. The van der Waals surface area contributed by atoms with E-state index in [-0.39, 0.29) is 0 Å². The SMILES string of the molecule is COC(=O)c1cnc2nc(C)ccc2c1Nc1cc(Cl)ccc1C. The Morgan fingerprint density at radius 3 is 2.75 bits per heavy atom. The Labute approximate surface area is 144 Å². The zero-order valence-electron chi connectivity index (χ0n) is 13.6. The highest BCUT2D eigenvalue weighted by Gasteiger charge is 2.17. The molecular weight excluding hydrogens is 326 g/mol. The normalized spacial score (nSPS) is 10.7. The minimum atomic E-state index is -0.466. The number of pyridine rings is 2. The average molecular weight is 342 g/mol. The summed E-state index contributed by atoms with van der Waals surface area (Å²) in [5, 5.41) is 4.64. The molecule has 0 unspecified atom stereocenters. The number of aryl methyl sites for hydroxylation is 2. The Morgan fingerprint density at radius 2 is 2.00 bits per heavy atom. The van der Waals surface area contributed by atoms with E-state index in [1.54, 1.807) is 0 Å². The number of halogens is 1. The van der Waals surface area contributed by atoms with E-state index >= 15 is 0 Å². The molecule has 0 bridgehead atoms. The van der Waals surface area contributed by atoms with Crippen molar-refractivity contribution in [2.45, 2.75) is 13.8 Å². The molecule has 122 valence electrons. The second-order valence-electron chi connectivity index (χ2n) is 5.45. The van der Waals surface area contributed by atoms with Gasteiger partial charge in [0.2, 0.25) is 0 Å². The summed E-state index contributed by atoms with van der Waals surface area (Å²) in [5.74, 6) is -0.466. The van der Waals surface area contributed by atoms with Crippen molar-refractivity contribution < 1.29 is 9.53 Å². The number of ether oxygens (including phenoxy) is 1. The predicted molar refractivity (Wildman–Crippen MR) is 95.1 cm³/mol. The van der Waals surface area contributed by atoms with Gasteiger partial charge >= 0.3 is 5.97 Å². The molecule has 6 heteroatoms. The highest BCUT2D eigenvalue weighted by Crippen LogP contribution is 2.31. The fraction of sp³-hybridized carbons (Fsp3) is 0.167. The molecule has 0 spiro atoms. The molecule has 0 saturated carbocycles. The molecule has 5 nitrogen and oxygen atoms in total. The molecule has 0 atom stereocenters. The third kappa shape index (κ3) is 3.03. The number of esters is 1. The van der Waals surface area contributed by atoms with Gasteiger partial charge < -0.3 is 10.1 Å². The maximum Gasteiger partial charge on any atom is 0.341 e. The van der Waals surface area contributed by atoms with Crippen LogP contribution in [0.4, 0.5) is 11.4 Å². The molecule has 0 fully saturated rings. The maximum atomic E-state index is 12.1. The molecule has 2 aromatic heterocycles. The molecule has 24 heavy (non-hydrogen) atoms.